The first-order chi connectivity index (χ1) is 18.6. The van der Waals surface area contributed by atoms with Crippen LogP contribution in [0.25, 0.3) is 21.8 Å². The normalized spacial score (nSPS) is 11.1. The number of fused-ring (bicyclic) bond motifs is 2. The Morgan fingerprint density at radius 3 is 1.55 bits per heavy atom. The zero-order chi connectivity index (χ0) is 26.7. The van der Waals surface area contributed by atoms with Crippen molar-refractivity contribution in [3.05, 3.63) is 59.9 Å². The fourth-order valence-corrected chi connectivity index (χ4v) is 4.76. The van der Waals surface area contributed by atoms with Crippen LogP contribution in [0.15, 0.2) is 48.8 Å². The van der Waals surface area contributed by atoms with Gasteiger partial charge in [-0.15, -0.1) is 0 Å². The molecule has 2 heterocycles. The standard InChI is InChI=1S/C30H38N4O4/c1-37-23-9-11-27-25(17-23)21(19-33-27)13-15-31-29(35)7-5-3-4-6-8-30(36)32-16-14-22-20-34-28-12-10-24(38-2)18-26(22)28/h9-12,17-20,33-34H,3-8,13-16H2,1-2H3,(H,31,35)(H,32,36). The van der Waals surface area contributed by atoms with Crippen LogP contribution in [0.2, 0.25) is 0 Å². The second-order valence-electron chi connectivity index (χ2n) is 9.56. The topological polar surface area (TPSA) is 108 Å². The van der Waals surface area contributed by atoms with Crippen molar-refractivity contribution in [3.63, 3.8) is 0 Å². The summed E-state index contributed by atoms with van der Waals surface area (Å²) >= 11 is 0. The molecule has 38 heavy (non-hydrogen) atoms. The van der Waals surface area contributed by atoms with Gasteiger partial charge in [0.25, 0.3) is 0 Å². The van der Waals surface area contributed by atoms with Gasteiger partial charge < -0.3 is 30.1 Å². The average molecular weight is 519 g/mol. The smallest absolute Gasteiger partial charge is 0.220 e. The lowest BCUT2D eigenvalue weighted by Crippen LogP contribution is -2.25. The Bertz CT molecular complexity index is 1250. The van der Waals surface area contributed by atoms with E-state index in [1.165, 1.54) is 11.1 Å². The number of H-pyrrole nitrogens is 2. The number of ether oxygens (including phenoxy) is 2. The van der Waals surface area contributed by atoms with E-state index in [1.807, 2.05) is 48.8 Å². The maximum absolute atomic E-state index is 12.2. The number of aromatic nitrogens is 2. The van der Waals surface area contributed by atoms with Crippen molar-refractivity contribution in [2.75, 3.05) is 27.3 Å². The highest BCUT2D eigenvalue weighted by Gasteiger charge is 2.08. The van der Waals surface area contributed by atoms with Crippen LogP contribution in [0.1, 0.15) is 49.7 Å². The van der Waals surface area contributed by atoms with Gasteiger partial charge in [-0.3, -0.25) is 9.59 Å². The van der Waals surface area contributed by atoms with Gasteiger partial charge in [0, 0.05) is 60.1 Å². The fraction of sp³-hybridized carbons (Fsp3) is 0.400. The summed E-state index contributed by atoms with van der Waals surface area (Å²) in [6.07, 6.45) is 10.1. The van der Waals surface area contributed by atoms with Crippen molar-refractivity contribution in [2.24, 2.45) is 0 Å². The number of carbonyl (C=O) groups is 2. The van der Waals surface area contributed by atoms with Gasteiger partial charge >= 0.3 is 0 Å². The van der Waals surface area contributed by atoms with Gasteiger partial charge in [0.15, 0.2) is 0 Å². The second kappa shape index (κ2) is 13.6. The van der Waals surface area contributed by atoms with Gasteiger partial charge in [-0.2, -0.15) is 0 Å². The minimum atomic E-state index is 0.0788. The first kappa shape index (κ1) is 27.1. The van der Waals surface area contributed by atoms with E-state index >= 15 is 0 Å². The minimum Gasteiger partial charge on any atom is -0.497 e. The molecule has 202 valence electrons. The largest absolute Gasteiger partial charge is 0.497 e. The zero-order valence-corrected chi connectivity index (χ0v) is 22.3. The van der Waals surface area contributed by atoms with Gasteiger partial charge in [0.05, 0.1) is 14.2 Å². The molecule has 2 aromatic heterocycles. The van der Waals surface area contributed by atoms with Crippen LogP contribution < -0.4 is 20.1 Å². The summed E-state index contributed by atoms with van der Waals surface area (Å²) in [5.41, 5.74) is 4.46. The van der Waals surface area contributed by atoms with Crippen LogP contribution in [0.4, 0.5) is 0 Å². The van der Waals surface area contributed by atoms with Crippen LogP contribution in [0, 0.1) is 0 Å². The highest BCUT2D eigenvalue weighted by molar-refractivity contribution is 5.85. The van der Waals surface area contributed by atoms with Crippen molar-refractivity contribution < 1.29 is 19.1 Å². The van der Waals surface area contributed by atoms with Gasteiger partial charge in [0.2, 0.25) is 11.8 Å². The van der Waals surface area contributed by atoms with Crippen molar-refractivity contribution in [1.29, 1.82) is 0 Å². The van der Waals surface area contributed by atoms with Crippen LogP contribution in [0.5, 0.6) is 11.5 Å². The lowest BCUT2D eigenvalue weighted by molar-refractivity contribution is -0.122. The summed E-state index contributed by atoms with van der Waals surface area (Å²) in [6.45, 7) is 1.21. The number of unbranched alkanes of at least 4 members (excludes halogenated alkanes) is 3. The molecule has 0 saturated heterocycles. The quantitative estimate of drug-likeness (QED) is 0.166. The Hall–Kier alpha value is -3.94. The first-order valence-corrected chi connectivity index (χ1v) is 13.4. The molecule has 4 rings (SSSR count). The maximum atomic E-state index is 12.2. The molecule has 2 aromatic carbocycles. The van der Waals surface area contributed by atoms with Crippen LogP contribution in [0.3, 0.4) is 0 Å². The number of rotatable bonds is 15. The SMILES string of the molecule is COc1ccc2[nH]cc(CCNC(=O)CCCCCCC(=O)NCCc3c[nH]c4ccc(OC)cc34)c2c1. The molecule has 0 unspecified atom stereocenters. The number of benzene rings is 2. The van der Waals surface area contributed by atoms with E-state index in [0.717, 1.165) is 71.8 Å². The first-order valence-electron chi connectivity index (χ1n) is 13.4. The van der Waals surface area contributed by atoms with E-state index in [-0.39, 0.29) is 11.8 Å². The molecule has 0 spiro atoms. The second-order valence-corrected chi connectivity index (χ2v) is 9.56. The Morgan fingerprint density at radius 2 is 1.13 bits per heavy atom. The number of aromatic amines is 2. The van der Waals surface area contributed by atoms with Crippen LogP contribution >= 0.6 is 0 Å². The summed E-state index contributed by atoms with van der Waals surface area (Å²) < 4.78 is 10.6. The van der Waals surface area contributed by atoms with Crippen molar-refractivity contribution in [1.82, 2.24) is 20.6 Å². The van der Waals surface area contributed by atoms with Gasteiger partial charge in [0.1, 0.15) is 11.5 Å². The van der Waals surface area contributed by atoms with E-state index in [4.69, 9.17) is 9.47 Å². The maximum Gasteiger partial charge on any atom is 0.220 e. The third-order valence-electron chi connectivity index (χ3n) is 6.94. The minimum absolute atomic E-state index is 0.0788. The number of carbonyl (C=O) groups excluding carboxylic acids is 2. The predicted octanol–water partition coefficient (Wildman–Crippen LogP) is 5.02. The average Bonchev–Trinajstić information content (AvgIpc) is 3.53. The summed E-state index contributed by atoms with van der Waals surface area (Å²) in [5.74, 6) is 1.81. The summed E-state index contributed by atoms with van der Waals surface area (Å²) in [6, 6.07) is 11.9. The molecule has 4 aromatic rings. The van der Waals surface area contributed by atoms with Gasteiger partial charge in [-0.1, -0.05) is 12.8 Å². The number of nitrogens with one attached hydrogen (secondary N) is 4. The van der Waals surface area contributed by atoms with Crippen LogP contribution in [-0.2, 0) is 22.4 Å². The van der Waals surface area contributed by atoms with Crippen LogP contribution in [-0.4, -0.2) is 49.1 Å². The zero-order valence-electron chi connectivity index (χ0n) is 22.3. The molecular weight excluding hydrogens is 480 g/mol. The Labute approximate surface area is 223 Å². The molecule has 0 bridgehead atoms. The molecule has 0 saturated carbocycles. The van der Waals surface area contributed by atoms with Crippen molar-refractivity contribution >= 4 is 33.6 Å². The molecule has 8 nitrogen and oxygen atoms in total. The van der Waals surface area contributed by atoms with E-state index in [1.54, 1.807) is 14.2 Å². The molecule has 0 aliphatic rings. The van der Waals surface area contributed by atoms with E-state index < -0.39 is 0 Å². The van der Waals surface area contributed by atoms with Gasteiger partial charge in [-0.05, 0) is 73.2 Å². The van der Waals surface area contributed by atoms with E-state index in [0.29, 0.717) is 25.9 Å². The lowest BCUT2D eigenvalue weighted by atomic mass is 10.1. The molecule has 0 atom stereocenters. The Kier molecular flexibility index (Phi) is 9.67. The highest BCUT2D eigenvalue weighted by atomic mass is 16.5. The number of methoxy groups -OCH3 is 2. The molecule has 0 aliphatic carbocycles. The summed E-state index contributed by atoms with van der Waals surface area (Å²) in [4.78, 5) is 30.9. The van der Waals surface area contributed by atoms with Gasteiger partial charge in [-0.25, -0.2) is 0 Å². The molecule has 0 aliphatic heterocycles. The predicted molar refractivity (Wildman–Crippen MR) is 151 cm³/mol. The third-order valence-corrected chi connectivity index (χ3v) is 6.94. The highest BCUT2D eigenvalue weighted by Crippen LogP contribution is 2.25. The fourth-order valence-electron chi connectivity index (χ4n) is 4.76. The number of amides is 2. The molecule has 0 fully saturated rings. The lowest BCUT2D eigenvalue weighted by Gasteiger charge is -2.07. The molecule has 0 radical (unpaired) electrons. The summed E-state index contributed by atoms with van der Waals surface area (Å²) in [5, 5.41) is 8.29. The number of hydrogen-bond donors (Lipinski definition) is 4. The Morgan fingerprint density at radius 1 is 0.684 bits per heavy atom. The number of hydrogen-bond acceptors (Lipinski definition) is 4. The Balaban J connectivity index is 1.04. The molecule has 4 N–H and O–H groups in total. The molecule has 2 amide bonds. The molecular formula is C30H38N4O4. The van der Waals surface area contributed by atoms with E-state index in [2.05, 4.69) is 20.6 Å². The monoisotopic (exact) mass is 518 g/mol. The van der Waals surface area contributed by atoms with E-state index in [9.17, 15) is 9.59 Å². The third kappa shape index (κ3) is 7.31. The summed E-state index contributed by atoms with van der Waals surface area (Å²) in [7, 11) is 3.32. The van der Waals surface area contributed by atoms with Crippen molar-refractivity contribution in [3.8, 4) is 11.5 Å². The molecule has 8 heteroatoms. The van der Waals surface area contributed by atoms with Crippen molar-refractivity contribution in [2.45, 2.75) is 51.4 Å².